The van der Waals surface area contributed by atoms with E-state index in [1.807, 2.05) is 0 Å². The van der Waals surface area contributed by atoms with Crippen LogP contribution in [0.1, 0.15) is 12.3 Å². The van der Waals surface area contributed by atoms with Crippen LogP contribution in [0, 0.1) is 0 Å². The second kappa shape index (κ2) is 5.05. The first kappa shape index (κ1) is 2.92. The number of halogens is 1. The highest BCUT2D eigenvalue weighted by molar-refractivity contribution is 9.10. The van der Waals surface area contributed by atoms with Crippen molar-refractivity contribution in [2.24, 2.45) is 0 Å². The summed E-state index contributed by atoms with van der Waals surface area (Å²) in [6, 6.07) is 0. The molecule has 1 aromatic rings. The van der Waals surface area contributed by atoms with Gasteiger partial charge < -0.3 is 9.47 Å². The van der Waals surface area contributed by atoms with Crippen LogP contribution >= 0.6 is 15.9 Å². The van der Waals surface area contributed by atoms with Crippen LogP contribution in [0.3, 0.4) is 0 Å². The van der Waals surface area contributed by atoms with E-state index in [1.54, 1.807) is 0 Å². The van der Waals surface area contributed by atoms with E-state index in [4.69, 9.17) is 12.3 Å². The number of aromatic nitrogens is 2. The Morgan fingerprint density at radius 2 is 2.67 bits per heavy atom. The zero-order chi connectivity index (χ0) is 16.6. The molecular formula is C7H9BrN2O2. The van der Waals surface area contributed by atoms with E-state index in [1.165, 1.54) is 0 Å². The van der Waals surface area contributed by atoms with Gasteiger partial charge in [0.2, 0.25) is 5.88 Å². The second-order valence-corrected chi connectivity index (χ2v) is 2.20. The number of rotatable bonds is 4. The Morgan fingerprint density at radius 1 is 1.75 bits per heavy atom. The molecule has 0 radical (unpaired) electrons. The van der Waals surface area contributed by atoms with Crippen LogP contribution in [0.4, 0.5) is 0 Å². The van der Waals surface area contributed by atoms with Gasteiger partial charge in [0, 0.05) is 7.04 Å². The fourth-order valence-electron chi connectivity index (χ4n) is 0.397. The van der Waals surface area contributed by atoms with Crippen LogP contribution < -0.4 is 4.74 Å². The van der Waals surface area contributed by atoms with E-state index in [0.29, 0.717) is 0 Å². The number of nitrogens with zero attached hydrogens (tertiary/aromatic N) is 2. The van der Waals surface area contributed by atoms with Crippen LogP contribution in [0.25, 0.3) is 0 Å². The van der Waals surface area contributed by atoms with E-state index < -0.39 is 38.4 Å². The Balaban J connectivity index is 3.07. The minimum absolute atomic E-state index is 0.151. The molecule has 0 saturated carbocycles. The Labute approximate surface area is 91.7 Å². The molecule has 1 aromatic heterocycles. The molecule has 0 aliphatic heterocycles. The molecular weight excluding hydrogens is 224 g/mol. The van der Waals surface area contributed by atoms with Crippen molar-refractivity contribution in [2.75, 3.05) is 20.2 Å². The smallest absolute Gasteiger partial charge is 0.233 e. The van der Waals surface area contributed by atoms with Gasteiger partial charge in [-0.05, 0) is 15.9 Å². The summed E-state index contributed by atoms with van der Waals surface area (Å²) in [4.78, 5) is 6.89. The molecule has 0 saturated heterocycles. The SMILES string of the molecule is [2H]c1nc([2H])c(OC([2H])([2H])C([2H])([2H])OC([2H])([2H])[2H])nc1Br. The number of hydrogen-bond donors (Lipinski definition) is 0. The standard InChI is InChI=1S/C7H9BrN2O2/c1-11-2-3-12-7-5-9-4-6(8)10-7/h4-5H,2-3H2,1H3/i1D3,2D2,3D2,4D,5D. The van der Waals surface area contributed by atoms with Crippen molar-refractivity contribution in [3.05, 3.63) is 16.9 Å². The van der Waals surface area contributed by atoms with Crippen molar-refractivity contribution in [3.63, 3.8) is 0 Å². The van der Waals surface area contributed by atoms with Crippen molar-refractivity contribution in [1.82, 2.24) is 9.97 Å². The first-order chi connectivity index (χ1) is 9.25. The molecule has 0 amide bonds. The summed E-state index contributed by atoms with van der Waals surface area (Å²) in [6.07, 6.45) is -1.11. The van der Waals surface area contributed by atoms with Gasteiger partial charge in [0.05, 0.1) is 31.2 Å². The van der Waals surface area contributed by atoms with Crippen LogP contribution in [0.5, 0.6) is 5.88 Å². The maximum Gasteiger partial charge on any atom is 0.233 e. The number of hydrogen-bond acceptors (Lipinski definition) is 4. The van der Waals surface area contributed by atoms with Crippen LogP contribution in [0.15, 0.2) is 16.9 Å². The van der Waals surface area contributed by atoms with Gasteiger partial charge in [0.1, 0.15) is 11.2 Å². The summed E-state index contributed by atoms with van der Waals surface area (Å²) >= 11 is 2.83. The van der Waals surface area contributed by atoms with Gasteiger partial charge >= 0.3 is 0 Å². The van der Waals surface area contributed by atoms with Gasteiger partial charge in [-0.25, -0.2) is 4.98 Å². The van der Waals surface area contributed by atoms with Crippen molar-refractivity contribution < 1.29 is 21.8 Å². The van der Waals surface area contributed by atoms with E-state index in [9.17, 15) is 0 Å². The highest BCUT2D eigenvalue weighted by Gasteiger charge is 1.95. The van der Waals surface area contributed by atoms with Crippen molar-refractivity contribution in [1.29, 1.82) is 0 Å². The normalized spacial score (nSPS) is 24.2. The van der Waals surface area contributed by atoms with Gasteiger partial charge in [-0.15, -0.1) is 0 Å². The zero-order valence-electron chi connectivity index (χ0n) is 14.6. The maximum absolute atomic E-state index is 7.45. The molecule has 1 heterocycles. The van der Waals surface area contributed by atoms with E-state index in [0.717, 1.165) is 0 Å². The third kappa shape index (κ3) is 3.15. The summed E-state index contributed by atoms with van der Waals surface area (Å²) in [7, 11) is -3.19. The monoisotopic (exact) mass is 241 g/mol. The summed E-state index contributed by atoms with van der Waals surface area (Å²) < 4.78 is 73.1. The van der Waals surface area contributed by atoms with Crippen LogP contribution in [-0.2, 0) is 4.74 Å². The molecule has 0 atom stereocenters. The van der Waals surface area contributed by atoms with Crippen LogP contribution in [-0.4, -0.2) is 30.1 Å². The number of ether oxygens (including phenoxy) is 2. The summed E-state index contributed by atoms with van der Waals surface area (Å²) in [5.41, 5.74) is 0. The topological polar surface area (TPSA) is 44.2 Å². The quantitative estimate of drug-likeness (QED) is 0.797. The second-order valence-electron chi connectivity index (χ2n) is 1.45. The minimum Gasteiger partial charge on any atom is -0.474 e. The Hall–Kier alpha value is -0.680. The molecule has 4 nitrogen and oxygen atoms in total. The number of methoxy groups -OCH3 is 1. The van der Waals surface area contributed by atoms with E-state index in [2.05, 4.69) is 35.4 Å². The van der Waals surface area contributed by atoms with E-state index >= 15 is 0 Å². The van der Waals surface area contributed by atoms with Gasteiger partial charge in [0.15, 0.2) is 0 Å². The third-order valence-corrected chi connectivity index (χ3v) is 1.09. The predicted octanol–water partition coefficient (Wildman–Crippen LogP) is 1.26. The maximum atomic E-state index is 7.45. The van der Waals surface area contributed by atoms with Gasteiger partial charge in [0.25, 0.3) is 0 Å². The summed E-state index contributed by atoms with van der Waals surface area (Å²) in [5.74, 6) is -0.721. The Morgan fingerprint density at radius 3 is 3.50 bits per heavy atom. The predicted molar refractivity (Wildman–Crippen MR) is 47.1 cm³/mol. The summed E-state index contributed by atoms with van der Waals surface area (Å²) in [6.45, 7) is -6.62. The van der Waals surface area contributed by atoms with Gasteiger partial charge in [-0.2, -0.15) is 0 Å². The van der Waals surface area contributed by atoms with Gasteiger partial charge in [-0.1, -0.05) is 0 Å². The van der Waals surface area contributed by atoms with Crippen molar-refractivity contribution >= 4 is 15.9 Å². The Kier molecular flexibility index (Phi) is 1.23. The molecule has 0 N–H and O–H groups in total. The molecule has 0 spiro atoms. The fourth-order valence-corrected chi connectivity index (χ4v) is 0.646. The molecule has 0 bridgehead atoms. The Bertz CT molecular complexity index is 536. The lowest BCUT2D eigenvalue weighted by Gasteiger charge is -2.02. The van der Waals surface area contributed by atoms with E-state index in [-0.39, 0.29) is 4.60 Å². The van der Waals surface area contributed by atoms with Gasteiger partial charge in [-0.3, -0.25) is 4.98 Å². The minimum atomic E-state index is -3.35. The molecule has 66 valence electrons. The first-order valence-electron chi connectivity index (χ1n) is 7.15. The molecule has 0 fully saturated rings. The molecule has 12 heavy (non-hydrogen) atoms. The lowest BCUT2D eigenvalue weighted by molar-refractivity contribution is 0.143. The molecule has 0 unspecified atom stereocenters. The molecule has 0 aliphatic carbocycles. The lowest BCUT2D eigenvalue weighted by atomic mass is 10.7. The highest BCUT2D eigenvalue weighted by atomic mass is 79.9. The highest BCUT2D eigenvalue weighted by Crippen LogP contribution is 2.09. The molecule has 5 heteroatoms. The third-order valence-electron chi connectivity index (χ3n) is 0.740. The summed E-state index contributed by atoms with van der Waals surface area (Å²) in [5, 5.41) is 0. The van der Waals surface area contributed by atoms with Crippen molar-refractivity contribution in [2.45, 2.75) is 0 Å². The molecule has 0 aromatic carbocycles. The molecule has 1 rings (SSSR count). The average Bonchev–Trinajstić information content (AvgIpc) is 2.21. The average molecular weight is 242 g/mol. The molecule has 0 aliphatic rings. The lowest BCUT2D eigenvalue weighted by Crippen LogP contribution is -2.05. The zero-order valence-corrected chi connectivity index (χ0v) is 7.17. The fraction of sp³-hybridized carbons (Fsp3) is 0.429. The van der Waals surface area contributed by atoms with Crippen molar-refractivity contribution in [3.8, 4) is 5.88 Å². The first-order valence-corrected chi connectivity index (χ1v) is 3.44. The largest absolute Gasteiger partial charge is 0.474 e. The van der Waals surface area contributed by atoms with Crippen LogP contribution in [0.2, 0.25) is 0 Å².